The van der Waals surface area contributed by atoms with Crippen molar-refractivity contribution in [2.45, 2.75) is 25.8 Å². The highest BCUT2D eigenvalue weighted by Crippen LogP contribution is 2.28. The summed E-state index contributed by atoms with van der Waals surface area (Å²) < 4.78 is 5.78. The first-order valence-corrected chi connectivity index (χ1v) is 7.51. The minimum atomic E-state index is -0.675. The van der Waals surface area contributed by atoms with Crippen molar-refractivity contribution >= 4 is 12.0 Å². The van der Waals surface area contributed by atoms with E-state index >= 15 is 0 Å². The minimum Gasteiger partial charge on any atom is -0.489 e. The summed E-state index contributed by atoms with van der Waals surface area (Å²) in [6.45, 7) is 4.20. The van der Waals surface area contributed by atoms with Gasteiger partial charge < -0.3 is 9.84 Å². The van der Waals surface area contributed by atoms with Crippen molar-refractivity contribution in [3.8, 4) is 5.75 Å². The van der Waals surface area contributed by atoms with E-state index in [-0.39, 0.29) is 5.92 Å². The lowest BCUT2D eigenvalue weighted by molar-refractivity contribution is -0.144. The lowest BCUT2D eigenvalue weighted by Crippen LogP contribution is -2.45. The van der Waals surface area contributed by atoms with Gasteiger partial charge in [-0.05, 0) is 37.5 Å². The number of para-hydroxylation sites is 1. The zero-order valence-electron chi connectivity index (χ0n) is 12.3. The van der Waals surface area contributed by atoms with Crippen LogP contribution in [0.3, 0.4) is 0 Å². The monoisotopic (exact) mass is 287 g/mol. The van der Waals surface area contributed by atoms with Crippen LogP contribution in [0.25, 0.3) is 6.08 Å². The Morgan fingerprint density at radius 1 is 1.38 bits per heavy atom. The van der Waals surface area contributed by atoms with Crippen molar-refractivity contribution in [2.24, 2.45) is 5.92 Å². The largest absolute Gasteiger partial charge is 0.489 e. The standard InChI is InChI=1S/C17H21NO3/c1-12-6-7-15(17(19)20)10-18(12)9-13-8-14-4-2-3-5-16(14)21-11-13/h2-5,8,12,15H,6-7,9-11H2,1H3,(H,19,20). The highest BCUT2D eigenvalue weighted by Gasteiger charge is 2.30. The van der Waals surface area contributed by atoms with Crippen molar-refractivity contribution in [2.75, 3.05) is 19.7 Å². The summed E-state index contributed by atoms with van der Waals surface area (Å²) in [6, 6.07) is 8.44. The fraction of sp³-hybridized carbons (Fsp3) is 0.471. The van der Waals surface area contributed by atoms with Crippen LogP contribution < -0.4 is 4.74 Å². The number of benzene rings is 1. The third-order valence-corrected chi connectivity index (χ3v) is 4.46. The quantitative estimate of drug-likeness (QED) is 0.928. The van der Waals surface area contributed by atoms with Gasteiger partial charge in [-0.1, -0.05) is 18.2 Å². The molecule has 2 heterocycles. The van der Waals surface area contributed by atoms with Crippen LogP contribution in [0.2, 0.25) is 0 Å². The lowest BCUT2D eigenvalue weighted by Gasteiger charge is -2.37. The maximum Gasteiger partial charge on any atom is 0.307 e. The van der Waals surface area contributed by atoms with Gasteiger partial charge in [0.05, 0.1) is 5.92 Å². The average Bonchev–Trinajstić information content (AvgIpc) is 2.49. The molecule has 2 aliphatic heterocycles. The van der Waals surface area contributed by atoms with Crippen LogP contribution in [0, 0.1) is 5.92 Å². The number of carbonyl (C=O) groups is 1. The molecule has 0 amide bonds. The molecule has 2 unspecified atom stereocenters. The third kappa shape index (κ3) is 3.10. The molecule has 3 rings (SSSR count). The molecule has 0 spiro atoms. The summed E-state index contributed by atoms with van der Waals surface area (Å²) in [5, 5.41) is 9.21. The predicted octanol–water partition coefficient (Wildman–Crippen LogP) is 2.65. The summed E-state index contributed by atoms with van der Waals surface area (Å²) in [5.41, 5.74) is 2.32. The van der Waals surface area contributed by atoms with Crippen LogP contribution in [0.15, 0.2) is 29.8 Å². The van der Waals surface area contributed by atoms with E-state index in [0.717, 1.165) is 30.7 Å². The number of rotatable bonds is 3. The number of carboxylic acid groups (broad SMARTS) is 1. The minimum absolute atomic E-state index is 0.237. The molecule has 1 aromatic carbocycles. The van der Waals surface area contributed by atoms with Gasteiger partial charge in [0, 0.05) is 24.7 Å². The highest BCUT2D eigenvalue weighted by atomic mass is 16.5. The molecule has 2 aliphatic rings. The lowest BCUT2D eigenvalue weighted by atomic mass is 9.93. The number of hydrogen-bond donors (Lipinski definition) is 1. The van der Waals surface area contributed by atoms with Gasteiger partial charge in [0.25, 0.3) is 0 Å². The Hall–Kier alpha value is -1.81. The van der Waals surface area contributed by atoms with E-state index in [0.29, 0.717) is 19.2 Å². The molecule has 1 aromatic rings. The molecule has 0 aromatic heterocycles. The Morgan fingerprint density at radius 2 is 2.19 bits per heavy atom. The number of piperidine rings is 1. The summed E-state index contributed by atoms with van der Waals surface area (Å²) in [7, 11) is 0. The molecule has 4 heteroatoms. The summed E-state index contributed by atoms with van der Waals surface area (Å²) in [4.78, 5) is 13.5. The number of ether oxygens (including phenoxy) is 1. The maximum atomic E-state index is 11.2. The van der Waals surface area contributed by atoms with E-state index in [1.54, 1.807) is 0 Å². The molecule has 0 aliphatic carbocycles. The predicted molar refractivity (Wildman–Crippen MR) is 81.3 cm³/mol. The van der Waals surface area contributed by atoms with Gasteiger partial charge in [-0.25, -0.2) is 0 Å². The average molecular weight is 287 g/mol. The van der Waals surface area contributed by atoms with Crippen molar-refractivity contribution in [1.82, 2.24) is 4.90 Å². The Bertz CT molecular complexity index is 567. The summed E-state index contributed by atoms with van der Waals surface area (Å²) in [5.74, 6) is 0.0149. The number of nitrogens with zero attached hydrogens (tertiary/aromatic N) is 1. The summed E-state index contributed by atoms with van der Waals surface area (Å²) >= 11 is 0. The van der Waals surface area contributed by atoms with E-state index in [1.807, 2.05) is 24.3 Å². The molecule has 1 saturated heterocycles. The summed E-state index contributed by atoms with van der Waals surface area (Å²) in [6.07, 6.45) is 3.91. The molecular formula is C17H21NO3. The van der Waals surface area contributed by atoms with Crippen LogP contribution in [-0.2, 0) is 4.79 Å². The van der Waals surface area contributed by atoms with Gasteiger partial charge >= 0.3 is 5.97 Å². The van der Waals surface area contributed by atoms with E-state index in [4.69, 9.17) is 4.74 Å². The van der Waals surface area contributed by atoms with Crippen LogP contribution in [0.1, 0.15) is 25.3 Å². The molecular weight excluding hydrogens is 266 g/mol. The van der Waals surface area contributed by atoms with Crippen LogP contribution >= 0.6 is 0 Å². The van der Waals surface area contributed by atoms with E-state index in [9.17, 15) is 9.90 Å². The van der Waals surface area contributed by atoms with Crippen LogP contribution in [-0.4, -0.2) is 41.7 Å². The number of aliphatic carboxylic acids is 1. The maximum absolute atomic E-state index is 11.2. The van der Waals surface area contributed by atoms with Gasteiger partial charge in [0.1, 0.15) is 12.4 Å². The van der Waals surface area contributed by atoms with Gasteiger partial charge in [-0.3, -0.25) is 9.69 Å². The Labute approximate surface area is 125 Å². The van der Waals surface area contributed by atoms with E-state index in [1.165, 1.54) is 5.57 Å². The first-order chi connectivity index (χ1) is 10.1. The third-order valence-electron chi connectivity index (χ3n) is 4.46. The van der Waals surface area contributed by atoms with Gasteiger partial charge in [-0.2, -0.15) is 0 Å². The van der Waals surface area contributed by atoms with Crippen molar-refractivity contribution < 1.29 is 14.6 Å². The van der Waals surface area contributed by atoms with Crippen LogP contribution in [0.5, 0.6) is 5.75 Å². The molecule has 0 bridgehead atoms. The number of likely N-dealkylation sites (tertiary alicyclic amines) is 1. The molecule has 2 atom stereocenters. The van der Waals surface area contributed by atoms with E-state index < -0.39 is 5.97 Å². The van der Waals surface area contributed by atoms with Crippen molar-refractivity contribution in [3.05, 3.63) is 35.4 Å². The number of carboxylic acids is 1. The normalized spacial score (nSPS) is 25.7. The second-order valence-electron chi connectivity index (χ2n) is 6.02. The second-order valence-corrected chi connectivity index (χ2v) is 6.02. The smallest absolute Gasteiger partial charge is 0.307 e. The number of fused-ring (bicyclic) bond motifs is 1. The second kappa shape index (κ2) is 5.90. The molecule has 21 heavy (non-hydrogen) atoms. The van der Waals surface area contributed by atoms with Gasteiger partial charge in [0.2, 0.25) is 0 Å². The Morgan fingerprint density at radius 3 is 3.00 bits per heavy atom. The van der Waals surface area contributed by atoms with E-state index in [2.05, 4.69) is 17.9 Å². The zero-order chi connectivity index (χ0) is 14.8. The molecule has 1 fully saturated rings. The van der Waals surface area contributed by atoms with Gasteiger partial charge in [-0.15, -0.1) is 0 Å². The Kier molecular flexibility index (Phi) is 3.97. The Balaban J connectivity index is 1.71. The topological polar surface area (TPSA) is 49.8 Å². The van der Waals surface area contributed by atoms with Crippen LogP contribution in [0.4, 0.5) is 0 Å². The molecule has 112 valence electrons. The molecule has 1 N–H and O–H groups in total. The first kappa shape index (κ1) is 14.1. The SMILES string of the molecule is CC1CCC(C(=O)O)CN1CC1=Cc2ccccc2OC1. The molecule has 4 nitrogen and oxygen atoms in total. The number of hydrogen-bond acceptors (Lipinski definition) is 3. The first-order valence-electron chi connectivity index (χ1n) is 7.51. The van der Waals surface area contributed by atoms with Gasteiger partial charge in [0.15, 0.2) is 0 Å². The fourth-order valence-electron chi connectivity index (χ4n) is 3.12. The fourth-order valence-corrected chi connectivity index (χ4v) is 3.12. The highest BCUT2D eigenvalue weighted by molar-refractivity contribution is 5.70. The zero-order valence-corrected chi connectivity index (χ0v) is 12.3. The molecule has 0 saturated carbocycles. The molecule has 0 radical (unpaired) electrons. The van der Waals surface area contributed by atoms with Crippen molar-refractivity contribution in [3.63, 3.8) is 0 Å². The van der Waals surface area contributed by atoms with Crippen molar-refractivity contribution in [1.29, 1.82) is 0 Å².